The smallest absolute Gasteiger partial charge is 0.261 e. The van der Waals surface area contributed by atoms with E-state index < -0.39 is 6.10 Å². The molecule has 26 heavy (non-hydrogen) atoms. The lowest BCUT2D eigenvalue weighted by Crippen LogP contribution is -2.38. The van der Waals surface area contributed by atoms with Gasteiger partial charge in [0, 0.05) is 6.54 Å². The van der Waals surface area contributed by atoms with Crippen molar-refractivity contribution in [3.8, 4) is 11.5 Å². The summed E-state index contributed by atoms with van der Waals surface area (Å²) in [6, 6.07) is 15.8. The number of hydrogen-bond acceptors (Lipinski definition) is 3. The molecule has 0 aliphatic rings. The number of carbonyl (C=O) groups excluding carboxylic acids is 1. The summed E-state index contributed by atoms with van der Waals surface area (Å²) in [6.07, 6.45) is 1.89. The van der Waals surface area contributed by atoms with Crippen LogP contribution in [0.2, 0.25) is 0 Å². The Balaban J connectivity index is 1.81. The average molecular weight is 355 g/mol. The van der Waals surface area contributed by atoms with E-state index in [1.54, 1.807) is 0 Å². The molecule has 0 spiro atoms. The molecular formula is C22H29NO3. The summed E-state index contributed by atoms with van der Waals surface area (Å²) >= 11 is 0. The van der Waals surface area contributed by atoms with Gasteiger partial charge in [-0.05, 0) is 56.4 Å². The highest BCUT2D eigenvalue weighted by atomic mass is 16.5. The average Bonchev–Trinajstić information content (AvgIpc) is 2.66. The Kier molecular flexibility index (Phi) is 8.00. The molecule has 0 saturated heterocycles. The molecule has 0 aliphatic heterocycles. The lowest BCUT2D eigenvalue weighted by atomic mass is 10.1. The minimum atomic E-state index is -0.466. The summed E-state index contributed by atoms with van der Waals surface area (Å²) in [7, 11) is 0. The first-order valence-electron chi connectivity index (χ1n) is 9.36. The van der Waals surface area contributed by atoms with Crippen LogP contribution >= 0.6 is 0 Å². The highest BCUT2D eigenvalue weighted by Crippen LogP contribution is 2.20. The summed E-state index contributed by atoms with van der Waals surface area (Å²) in [4.78, 5) is 12.4. The van der Waals surface area contributed by atoms with Crippen LogP contribution in [0.15, 0.2) is 48.5 Å². The molecule has 0 bridgehead atoms. The Labute approximate surface area is 156 Å². The molecule has 1 N–H and O–H groups in total. The van der Waals surface area contributed by atoms with E-state index >= 15 is 0 Å². The third kappa shape index (κ3) is 5.80. The van der Waals surface area contributed by atoms with E-state index in [0.29, 0.717) is 19.6 Å². The van der Waals surface area contributed by atoms with Crippen LogP contribution in [0.3, 0.4) is 0 Å². The van der Waals surface area contributed by atoms with Crippen LogP contribution in [0.25, 0.3) is 0 Å². The second-order valence-electron chi connectivity index (χ2n) is 6.22. The van der Waals surface area contributed by atoms with E-state index in [9.17, 15) is 4.79 Å². The maximum atomic E-state index is 12.4. The molecule has 0 heterocycles. The second-order valence-corrected chi connectivity index (χ2v) is 6.22. The van der Waals surface area contributed by atoms with E-state index in [1.165, 1.54) is 5.56 Å². The molecule has 2 aromatic carbocycles. The van der Waals surface area contributed by atoms with Gasteiger partial charge in [-0.2, -0.15) is 0 Å². The first-order valence-corrected chi connectivity index (χ1v) is 9.36. The zero-order valence-corrected chi connectivity index (χ0v) is 16.0. The fourth-order valence-corrected chi connectivity index (χ4v) is 2.78. The Bertz CT molecular complexity index is 699. The predicted molar refractivity (Wildman–Crippen MR) is 105 cm³/mol. The molecule has 140 valence electrons. The van der Waals surface area contributed by atoms with Crippen molar-refractivity contribution in [3.63, 3.8) is 0 Å². The SMILES string of the molecule is CCOc1ccccc1CCCNC(=O)[C@H](CC)Oc1ccccc1C. The van der Waals surface area contributed by atoms with Gasteiger partial charge in [0.2, 0.25) is 0 Å². The molecule has 1 amide bonds. The third-order valence-corrected chi connectivity index (χ3v) is 4.22. The van der Waals surface area contributed by atoms with Crippen LogP contribution in [0, 0.1) is 6.92 Å². The minimum absolute atomic E-state index is 0.0613. The van der Waals surface area contributed by atoms with Gasteiger partial charge in [0.1, 0.15) is 11.5 Å². The van der Waals surface area contributed by atoms with Crippen molar-refractivity contribution in [2.24, 2.45) is 0 Å². The molecule has 0 fully saturated rings. The van der Waals surface area contributed by atoms with Crippen molar-refractivity contribution in [2.75, 3.05) is 13.2 Å². The van der Waals surface area contributed by atoms with Gasteiger partial charge in [-0.15, -0.1) is 0 Å². The fourth-order valence-electron chi connectivity index (χ4n) is 2.78. The molecule has 0 radical (unpaired) electrons. The van der Waals surface area contributed by atoms with Crippen molar-refractivity contribution >= 4 is 5.91 Å². The number of para-hydroxylation sites is 2. The summed E-state index contributed by atoms with van der Waals surface area (Å²) in [5.41, 5.74) is 2.21. The largest absolute Gasteiger partial charge is 0.494 e. The number of nitrogens with one attached hydrogen (secondary N) is 1. The molecule has 1 atom stereocenters. The Hall–Kier alpha value is -2.49. The van der Waals surface area contributed by atoms with Gasteiger partial charge < -0.3 is 14.8 Å². The minimum Gasteiger partial charge on any atom is -0.494 e. The maximum Gasteiger partial charge on any atom is 0.261 e. The third-order valence-electron chi connectivity index (χ3n) is 4.22. The number of ether oxygens (including phenoxy) is 2. The highest BCUT2D eigenvalue weighted by molar-refractivity contribution is 5.81. The maximum absolute atomic E-state index is 12.4. The first-order chi connectivity index (χ1) is 12.7. The van der Waals surface area contributed by atoms with Crippen molar-refractivity contribution in [1.29, 1.82) is 0 Å². The quantitative estimate of drug-likeness (QED) is 0.647. The van der Waals surface area contributed by atoms with Gasteiger partial charge in [0.15, 0.2) is 6.10 Å². The number of hydrogen-bond donors (Lipinski definition) is 1. The molecule has 4 heteroatoms. The second kappa shape index (κ2) is 10.5. The Morgan fingerprint density at radius 3 is 2.42 bits per heavy atom. The lowest BCUT2D eigenvalue weighted by molar-refractivity contribution is -0.128. The zero-order chi connectivity index (χ0) is 18.8. The summed E-state index contributed by atoms with van der Waals surface area (Å²) < 4.78 is 11.5. The van der Waals surface area contributed by atoms with Gasteiger partial charge in [0.25, 0.3) is 5.91 Å². The molecule has 0 aliphatic carbocycles. The fraction of sp³-hybridized carbons (Fsp3) is 0.409. The number of amides is 1. The van der Waals surface area contributed by atoms with Crippen LogP contribution in [0.4, 0.5) is 0 Å². The van der Waals surface area contributed by atoms with Gasteiger partial charge in [-0.3, -0.25) is 4.79 Å². The molecule has 0 unspecified atom stereocenters. The topological polar surface area (TPSA) is 47.6 Å². The van der Waals surface area contributed by atoms with Gasteiger partial charge in [-0.25, -0.2) is 0 Å². The van der Waals surface area contributed by atoms with E-state index in [2.05, 4.69) is 11.4 Å². The molecule has 0 saturated carbocycles. The first kappa shape index (κ1) is 19.8. The predicted octanol–water partition coefficient (Wildman–Crippen LogP) is 4.30. The Morgan fingerprint density at radius 2 is 1.73 bits per heavy atom. The summed E-state index contributed by atoms with van der Waals surface area (Å²) in [5, 5.41) is 2.99. The van der Waals surface area contributed by atoms with Crippen LogP contribution in [-0.4, -0.2) is 25.2 Å². The Morgan fingerprint density at radius 1 is 1.04 bits per heavy atom. The van der Waals surface area contributed by atoms with E-state index in [4.69, 9.17) is 9.47 Å². The van der Waals surface area contributed by atoms with Crippen LogP contribution in [0.5, 0.6) is 11.5 Å². The number of carbonyl (C=O) groups is 1. The molecule has 2 rings (SSSR count). The van der Waals surface area contributed by atoms with Gasteiger partial charge >= 0.3 is 0 Å². The molecule has 0 aromatic heterocycles. The number of rotatable bonds is 10. The highest BCUT2D eigenvalue weighted by Gasteiger charge is 2.18. The summed E-state index contributed by atoms with van der Waals surface area (Å²) in [6.45, 7) is 7.20. The summed E-state index contributed by atoms with van der Waals surface area (Å²) in [5.74, 6) is 1.63. The molecule has 2 aromatic rings. The van der Waals surface area contributed by atoms with Crippen molar-refractivity contribution in [1.82, 2.24) is 5.32 Å². The van der Waals surface area contributed by atoms with Crippen molar-refractivity contribution < 1.29 is 14.3 Å². The normalized spacial score (nSPS) is 11.7. The molecule has 4 nitrogen and oxygen atoms in total. The van der Waals surface area contributed by atoms with Crippen LogP contribution < -0.4 is 14.8 Å². The zero-order valence-electron chi connectivity index (χ0n) is 16.0. The van der Waals surface area contributed by atoms with Gasteiger partial charge in [-0.1, -0.05) is 43.3 Å². The lowest BCUT2D eigenvalue weighted by Gasteiger charge is -2.18. The molecular weight excluding hydrogens is 326 g/mol. The van der Waals surface area contributed by atoms with E-state index in [0.717, 1.165) is 29.9 Å². The van der Waals surface area contributed by atoms with Gasteiger partial charge in [0.05, 0.1) is 6.61 Å². The number of aryl methyl sites for hydroxylation is 2. The van der Waals surface area contributed by atoms with E-state index in [-0.39, 0.29) is 5.91 Å². The van der Waals surface area contributed by atoms with Crippen molar-refractivity contribution in [2.45, 2.75) is 46.1 Å². The van der Waals surface area contributed by atoms with Crippen LogP contribution in [0.1, 0.15) is 37.8 Å². The van der Waals surface area contributed by atoms with Crippen LogP contribution in [-0.2, 0) is 11.2 Å². The van der Waals surface area contributed by atoms with Crippen molar-refractivity contribution in [3.05, 3.63) is 59.7 Å². The number of benzene rings is 2. The standard InChI is InChI=1S/C22H29NO3/c1-4-19(26-20-14-8-6-11-17(20)3)22(24)23-16-10-13-18-12-7-9-15-21(18)25-5-2/h6-9,11-12,14-15,19H,4-5,10,13,16H2,1-3H3,(H,23,24)/t19-/m0/s1. The van der Waals surface area contributed by atoms with E-state index in [1.807, 2.05) is 63.2 Å². The monoisotopic (exact) mass is 355 g/mol.